The van der Waals surface area contributed by atoms with Gasteiger partial charge in [0.15, 0.2) is 0 Å². The quantitative estimate of drug-likeness (QED) is 0.633. The number of hydrogen-bond acceptors (Lipinski definition) is 5. The van der Waals surface area contributed by atoms with Crippen molar-refractivity contribution in [3.63, 3.8) is 0 Å². The van der Waals surface area contributed by atoms with Gasteiger partial charge in [-0.05, 0) is 45.4 Å². The van der Waals surface area contributed by atoms with Gasteiger partial charge < -0.3 is 15.8 Å². The summed E-state index contributed by atoms with van der Waals surface area (Å²) in [4.78, 5) is 16.6. The molecule has 0 atom stereocenters. The lowest BCUT2D eigenvalue weighted by Crippen LogP contribution is -2.14. The van der Waals surface area contributed by atoms with Gasteiger partial charge in [0.05, 0.1) is 17.8 Å². The molecule has 22 heavy (non-hydrogen) atoms. The van der Waals surface area contributed by atoms with E-state index in [1.807, 2.05) is 19.9 Å². The number of nitrogens with one attached hydrogen (secondary N) is 1. The maximum Gasteiger partial charge on any atom is 0.341 e. The molecule has 0 saturated carbocycles. The molecule has 0 amide bonds. The van der Waals surface area contributed by atoms with Crippen LogP contribution in [0.25, 0.3) is 10.9 Å². The van der Waals surface area contributed by atoms with E-state index >= 15 is 0 Å². The van der Waals surface area contributed by atoms with Crippen LogP contribution in [0.15, 0.2) is 18.3 Å². The molecule has 2 rings (SSSR count). The first-order chi connectivity index (χ1) is 10.6. The topological polar surface area (TPSA) is 77.2 Å². The van der Waals surface area contributed by atoms with Crippen molar-refractivity contribution in [2.24, 2.45) is 5.73 Å². The van der Waals surface area contributed by atoms with Crippen LogP contribution < -0.4 is 11.1 Å². The van der Waals surface area contributed by atoms with Gasteiger partial charge in [-0.2, -0.15) is 0 Å². The smallest absolute Gasteiger partial charge is 0.341 e. The molecule has 0 radical (unpaired) electrons. The Kier molecular flexibility index (Phi) is 5.33. The maximum atomic E-state index is 12.2. The predicted molar refractivity (Wildman–Crippen MR) is 89.3 cm³/mol. The number of rotatable bonds is 6. The van der Waals surface area contributed by atoms with Crippen molar-refractivity contribution in [3.8, 4) is 0 Å². The zero-order valence-corrected chi connectivity index (χ0v) is 13.4. The van der Waals surface area contributed by atoms with Gasteiger partial charge in [-0.25, -0.2) is 4.79 Å². The zero-order valence-electron chi connectivity index (χ0n) is 13.4. The lowest BCUT2D eigenvalue weighted by Gasteiger charge is -2.15. The SMILES string of the molecule is CCOC(=O)c1cnc2c(C)cc(C)cc2c1NCCCN. The van der Waals surface area contributed by atoms with Crippen LogP contribution in [0.1, 0.15) is 34.8 Å². The highest BCUT2D eigenvalue weighted by Gasteiger charge is 2.17. The number of nitrogens with zero attached hydrogens (tertiary/aromatic N) is 1. The van der Waals surface area contributed by atoms with Crippen LogP contribution >= 0.6 is 0 Å². The van der Waals surface area contributed by atoms with Crippen LogP contribution in [0, 0.1) is 13.8 Å². The van der Waals surface area contributed by atoms with Gasteiger partial charge in [0.2, 0.25) is 0 Å². The minimum Gasteiger partial charge on any atom is -0.462 e. The lowest BCUT2D eigenvalue weighted by molar-refractivity contribution is 0.0527. The molecule has 118 valence electrons. The van der Waals surface area contributed by atoms with Crippen LogP contribution in [0.3, 0.4) is 0 Å². The molecule has 0 bridgehead atoms. The average Bonchev–Trinajstić information content (AvgIpc) is 2.47. The Morgan fingerprint density at radius 3 is 2.82 bits per heavy atom. The third-order valence-corrected chi connectivity index (χ3v) is 3.48. The molecule has 2 aromatic rings. The highest BCUT2D eigenvalue weighted by atomic mass is 16.5. The second kappa shape index (κ2) is 7.22. The van der Waals surface area contributed by atoms with E-state index in [9.17, 15) is 4.79 Å². The fourth-order valence-electron chi connectivity index (χ4n) is 2.53. The van der Waals surface area contributed by atoms with Gasteiger partial charge in [-0.15, -0.1) is 0 Å². The highest BCUT2D eigenvalue weighted by Crippen LogP contribution is 2.29. The predicted octanol–water partition coefficient (Wildman–Crippen LogP) is 2.79. The fourth-order valence-corrected chi connectivity index (χ4v) is 2.53. The van der Waals surface area contributed by atoms with E-state index in [4.69, 9.17) is 10.5 Å². The normalized spacial score (nSPS) is 10.7. The molecule has 3 N–H and O–H groups in total. The molecular weight excluding hydrogens is 278 g/mol. The molecule has 5 nitrogen and oxygen atoms in total. The Labute approximate surface area is 130 Å². The van der Waals surface area contributed by atoms with E-state index < -0.39 is 0 Å². The van der Waals surface area contributed by atoms with Crippen LogP contribution in [-0.4, -0.2) is 30.6 Å². The van der Waals surface area contributed by atoms with Gasteiger partial charge in [0.1, 0.15) is 5.56 Å². The first-order valence-corrected chi connectivity index (χ1v) is 7.59. The number of fused-ring (bicyclic) bond motifs is 1. The van der Waals surface area contributed by atoms with Crippen LogP contribution in [0.5, 0.6) is 0 Å². The number of ether oxygens (including phenoxy) is 1. The summed E-state index contributed by atoms with van der Waals surface area (Å²) >= 11 is 0. The number of anilines is 1. The Bertz CT molecular complexity index is 683. The molecule has 5 heteroatoms. The Morgan fingerprint density at radius 2 is 2.14 bits per heavy atom. The first kappa shape index (κ1) is 16.2. The first-order valence-electron chi connectivity index (χ1n) is 7.59. The Hall–Kier alpha value is -2.14. The number of esters is 1. The average molecular weight is 301 g/mol. The second-order valence-electron chi connectivity index (χ2n) is 5.31. The maximum absolute atomic E-state index is 12.2. The molecule has 0 spiro atoms. The van der Waals surface area contributed by atoms with E-state index in [-0.39, 0.29) is 5.97 Å². The molecule has 1 aromatic heterocycles. The monoisotopic (exact) mass is 301 g/mol. The number of pyridine rings is 1. The van der Waals surface area contributed by atoms with Crippen molar-refractivity contribution in [2.45, 2.75) is 27.2 Å². The molecule has 0 aliphatic rings. The largest absolute Gasteiger partial charge is 0.462 e. The summed E-state index contributed by atoms with van der Waals surface area (Å²) in [6, 6.07) is 4.13. The molecule has 0 fully saturated rings. The summed E-state index contributed by atoms with van der Waals surface area (Å²) in [7, 11) is 0. The molecule has 0 aliphatic carbocycles. The van der Waals surface area contributed by atoms with Crippen molar-refractivity contribution in [2.75, 3.05) is 25.0 Å². The number of carbonyl (C=O) groups is 1. The van der Waals surface area contributed by atoms with Gasteiger partial charge in [-0.1, -0.05) is 11.6 Å². The number of aryl methyl sites for hydroxylation is 2. The van der Waals surface area contributed by atoms with Crippen LogP contribution in [0.2, 0.25) is 0 Å². The number of hydrogen-bond donors (Lipinski definition) is 2. The molecule has 0 saturated heterocycles. The van der Waals surface area contributed by atoms with E-state index in [2.05, 4.69) is 16.4 Å². The molecule has 0 unspecified atom stereocenters. The van der Waals surface area contributed by atoms with Gasteiger partial charge in [-0.3, -0.25) is 4.98 Å². The van der Waals surface area contributed by atoms with Crippen molar-refractivity contribution in [1.82, 2.24) is 4.98 Å². The van der Waals surface area contributed by atoms with E-state index in [1.54, 1.807) is 13.1 Å². The molecule has 1 aromatic carbocycles. The van der Waals surface area contributed by atoms with E-state index in [1.165, 1.54) is 0 Å². The van der Waals surface area contributed by atoms with Crippen LogP contribution in [-0.2, 0) is 4.74 Å². The Morgan fingerprint density at radius 1 is 1.36 bits per heavy atom. The summed E-state index contributed by atoms with van der Waals surface area (Å²) in [5.74, 6) is -0.355. The second-order valence-corrected chi connectivity index (χ2v) is 5.31. The number of nitrogens with two attached hydrogens (primary N) is 1. The zero-order chi connectivity index (χ0) is 16.1. The summed E-state index contributed by atoms with van der Waals surface area (Å²) in [6.07, 6.45) is 2.42. The van der Waals surface area contributed by atoms with Crippen molar-refractivity contribution in [3.05, 3.63) is 35.0 Å². The van der Waals surface area contributed by atoms with E-state index in [0.29, 0.717) is 25.3 Å². The minimum absolute atomic E-state index is 0.339. The summed E-state index contributed by atoms with van der Waals surface area (Å²) < 4.78 is 5.14. The molecule has 0 aliphatic heterocycles. The van der Waals surface area contributed by atoms with Gasteiger partial charge in [0.25, 0.3) is 0 Å². The molecular formula is C17H23N3O2. The fraction of sp³-hybridized carbons (Fsp3) is 0.412. The Balaban J connectivity index is 2.58. The minimum atomic E-state index is -0.355. The van der Waals surface area contributed by atoms with Crippen LogP contribution in [0.4, 0.5) is 5.69 Å². The lowest BCUT2D eigenvalue weighted by atomic mass is 10.0. The third-order valence-electron chi connectivity index (χ3n) is 3.48. The molecule has 1 heterocycles. The van der Waals surface area contributed by atoms with Crippen molar-refractivity contribution in [1.29, 1.82) is 0 Å². The van der Waals surface area contributed by atoms with Gasteiger partial charge in [0, 0.05) is 18.1 Å². The van der Waals surface area contributed by atoms with E-state index in [0.717, 1.165) is 34.1 Å². The highest BCUT2D eigenvalue weighted by molar-refractivity contribution is 6.05. The summed E-state index contributed by atoms with van der Waals surface area (Å²) in [5, 5.41) is 4.27. The number of benzene rings is 1. The summed E-state index contributed by atoms with van der Waals surface area (Å²) in [6.45, 7) is 7.50. The third kappa shape index (κ3) is 3.36. The van der Waals surface area contributed by atoms with Crippen molar-refractivity contribution < 1.29 is 9.53 Å². The van der Waals surface area contributed by atoms with Crippen molar-refractivity contribution >= 4 is 22.6 Å². The number of carbonyl (C=O) groups excluding carboxylic acids is 1. The number of aromatic nitrogens is 1. The standard InChI is InChI=1S/C17H23N3O2/c1-4-22-17(21)14-10-20-15-12(3)8-11(2)9-13(15)16(14)19-7-5-6-18/h8-10H,4-7,18H2,1-3H3,(H,19,20). The summed E-state index contributed by atoms with van der Waals surface area (Å²) in [5.41, 5.74) is 9.93. The van der Waals surface area contributed by atoms with Gasteiger partial charge >= 0.3 is 5.97 Å².